The number of rotatable bonds is 10. The van der Waals surface area contributed by atoms with Gasteiger partial charge >= 0.3 is 23.9 Å². The summed E-state index contributed by atoms with van der Waals surface area (Å²) in [6.07, 6.45) is -1.39. The fourth-order valence-electron chi connectivity index (χ4n) is 1.43. The standard InChI is InChI=1S/C11H17N3O8.C4H10/c12-7(15)3-1-5(9(18)19)13-11(22)14-6(10(20)21)2-4-8(16)17;1-4(2)3/h5-6H,1-4H2,(H2,12,15)(H,16,17)(H,18,19)(H,20,21)(H2,13,14,22);4H,1-3H3. The number of primary amides is 1. The van der Waals surface area contributed by atoms with Crippen molar-refractivity contribution in [2.45, 2.75) is 58.5 Å². The molecule has 0 aliphatic carbocycles. The molecule has 0 bridgehead atoms. The second-order valence-electron chi connectivity index (χ2n) is 6.07. The lowest BCUT2D eigenvalue weighted by Gasteiger charge is -2.17. The van der Waals surface area contributed by atoms with Gasteiger partial charge in [0.05, 0.1) is 0 Å². The third-order valence-electron chi connectivity index (χ3n) is 2.53. The van der Waals surface area contributed by atoms with Crippen molar-refractivity contribution in [2.24, 2.45) is 11.7 Å². The zero-order valence-electron chi connectivity index (χ0n) is 15.0. The molecule has 0 fully saturated rings. The summed E-state index contributed by atoms with van der Waals surface area (Å²) >= 11 is 0. The van der Waals surface area contributed by atoms with Crippen LogP contribution in [0.5, 0.6) is 0 Å². The first-order valence-corrected chi connectivity index (χ1v) is 7.89. The number of carbonyl (C=O) groups is 5. The first-order valence-electron chi connectivity index (χ1n) is 7.89. The highest BCUT2D eigenvalue weighted by Gasteiger charge is 2.25. The number of hydrogen-bond donors (Lipinski definition) is 6. The van der Waals surface area contributed by atoms with E-state index in [-0.39, 0.29) is 19.3 Å². The lowest BCUT2D eigenvalue weighted by molar-refractivity contribution is -0.141. The highest BCUT2D eigenvalue weighted by molar-refractivity contribution is 5.86. The summed E-state index contributed by atoms with van der Waals surface area (Å²) in [7, 11) is 0. The van der Waals surface area contributed by atoms with Crippen LogP contribution in [0.15, 0.2) is 0 Å². The molecule has 0 rings (SSSR count). The Morgan fingerprint density at radius 3 is 1.42 bits per heavy atom. The van der Waals surface area contributed by atoms with Crippen molar-refractivity contribution in [3.8, 4) is 0 Å². The zero-order valence-corrected chi connectivity index (χ0v) is 15.0. The topological polar surface area (TPSA) is 196 Å². The number of nitrogens with one attached hydrogen (secondary N) is 2. The Hall–Kier alpha value is -2.85. The Bertz CT molecular complexity index is 464. The Balaban J connectivity index is 0. The minimum Gasteiger partial charge on any atom is -0.481 e. The molecule has 0 aromatic heterocycles. The molecule has 2 atom stereocenters. The molecule has 11 heteroatoms. The second kappa shape index (κ2) is 13.4. The van der Waals surface area contributed by atoms with E-state index in [1.54, 1.807) is 0 Å². The number of aliphatic carboxylic acids is 3. The van der Waals surface area contributed by atoms with E-state index in [1.807, 2.05) is 10.6 Å². The molecule has 7 N–H and O–H groups in total. The largest absolute Gasteiger partial charge is 0.481 e. The van der Waals surface area contributed by atoms with Crippen molar-refractivity contribution in [3.63, 3.8) is 0 Å². The van der Waals surface area contributed by atoms with Crippen LogP contribution < -0.4 is 16.4 Å². The van der Waals surface area contributed by atoms with Crippen molar-refractivity contribution in [1.29, 1.82) is 0 Å². The lowest BCUT2D eigenvalue weighted by Crippen LogP contribution is -2.51. The van der Waals surface area contributed by atoms with E-state index in [1.165, 1.54) is 0 Å². The summed E-state index contributed by atoms with van der Waals surface area (Å²) in [6, 6.07) is -4.02. The molecular formula is C15H27N3O8. The molecule has 0 spiro atoms. The van der Waals surface area contributed by atoms with E-state index in [0.29, 0.717) is 0 Å². The van der Waals surface area contributed by atoms with Crippen LogP contribution in [0.4, 0.5) is 4.79 Å². The average Bonchev–Trinajstić information content (AvgIpc) is 2.46. The summed E-state index contributed by atoms with van der Waals surface area (Å²) in [6.45, 7) is 6.50. The van der Waals surface area contributed by atoms with Crippen LogP contribution in [0, 0.1) is 5.92 Å². The van der Waals surface area contributed by atoms with E-state index in [2.05, 4.69) is 20.8 Å². The van der Waals surface area contributed by atoms with Gasteiger partial charge in [-0.15, -0.1) is 0 Å². The average molecular weight is 377 g/mol. The van der Waals surface area contributed by atoms with Gasteiger partial charge in [0.25, 0.3) is 0 Å². The Kier molecular flexibility index (Phi) is 13.1. The van der Waals surface area contributed by atoms with E-state index in [9.17, 15) is 24.0 Å². The molecule has 0 saturated carbocycles. The van der Waals surface area contributed by atoms with Gasteiger partial charge in [0.2, 0.25) is 5.91 Å². The predicted octanol–water partition coefficient (Wildman–Crippen LogP) is -0.0154. The molecule has 0 radical (unpaired) electrons. The molecule has 26 heavy (non-hydrogen) atoms. The third-order valence-corrected chi connectivity index (χ3v) is 2.53. The number of carboxylic acids is 3. The van der Waals surface area contributed by atoms with Gasteiger partial charge in [0.15, 0.2) is 0 Å². The monoisotopic (exact) mass is 377 g/mol. The Morgan fingerprint density at radius 1 is 0.808 bits per heavy atom. The number of urea groups is 1. The molecule has 3 amide bonds. The second-order valence-corrected chi connectivity index (χ2v) is 6.07. The van der Waals surface area contributed by atoms with Crippen LogP contribution in [-0.4, -0.2) is 57.2 Å². The third kappa shape index (κ3) is 16.0. The summed E-state index contributed by atoms with van der Waals surface area (Å²) in [5.41, 5.74) is 4.87. The fraction of sp³-hybridized carbons (Fsp3) is 0.667. The molecule has 150 valence electrons. The lowest BCUT2D eigenvalue weighted by atomic mass is 10.1. The van der Waals surface area contributed by atoms with Gasteiger partial charge in [-0.05, 0) is 18.8 Å². The van der Waals surface area contributed by atoms with Crippen molar-refractivity contribution >= 4 is 29.8 Å². The Labute approximate surface area is 150 Å². The molecule has 11 nitrogen and oxygen atoms in total. The van der Waals surface area contributed by atoms with E-state index >= 15 is 0 Å². The maximum Gasteiger partial charge on any atom is 0.326 e. The van der Waals surface area contributed by atoms with E-state index < -0.39 is 48.4 Å². The molecule has 0 aromatic rings. The van der Waals surface area contributed by atoms with Gasteiger partial charge in [-0.2, -0.15) is 0 Å². The highest BCUT2D eigenvalue weighted by atomic mass is 16.4. The molecule has 0 aromatic carbocycles. The molecule has 0 saturated heterocycles. The first kappa shape index (κ1) is 25.4. The van der Waals surface area contributed by atoms with Crippen molar-refractivity contribution in [1.82, 2.24) is 10.6 Å². The van der Waals surface area contributed by atoms with Gasteiger partial charge in [-0.25, -0.2) is 14.4 Å². The van der Waals surface area contributed by atoms with E-state index in [4.69, 9.17) is 21.1 Å². The van der Waals surface area contributed by atoms with Gasteiger partial charge in [0.1, 0.15) is 12.1 Å². The maximum absolute atomic E-state index is 11.5. The van der Waals surface area contributed by atoms with Gasteiger partial charge in [-0.3, -0.25) is 9.59 Å². The van der Waals surface area contributed by atoms with E-state index in [0.717, 1.165) is 5.92 Å². The van der Waals surface area contributed by atoms with Crippen molar-refractivity contribution in [3.05, 3.63) is 0 Å². The number of nitrogens with two attached hydrogens (primary N) is 1. The van der Waals surface area contributed by atoms with Crippen LogP contribution in [0.25, 0.3) is 0 Å². The molecule has 0 heterocycles. The highest BCUT2D eigenvalue weighted by Crippen LogP contribution is 2.00. The van der Waals surface area contributed by atoms with Gasteiger partial charge < -0.3 is 31.7 Å². The Morgan fingerprint density at radius 2 is 1.15 bits per heavy atom. The number of hydrogen-bond acceptors (Lipinski definition) is 5. The summed E-state index contributed by atoms with van der Waals surface area (Å²) in [4.78, 5) is 54.3. The molecule has 2 unspecified atom stereocenters. The number of carbonyl (C=O) groups excluding carboxylic acids is 2. The van der Waals surface area contributed by atoms with Crippen LogP contribution in [0.2, 0.25) is 0 Å². The summed E-state index contributed by atoms with van der Waals surface area (Å²) < 4.78 is 0. The van der Waals surface area contributed by atoms with Crippen molar-refractivity contribution < 1.29 is 39.3 Å². The molecule has 0 aliphatic heterocycles. The summed E-state index contributed by atoms with van der Waals surface area (Å²) in [5.74, 6) is -4.04. The van der Waals surface area contributed by atoms with Gasteiger partial charge in [0, 0.05) is 12.8 Å². The van der Waals surface area contributed by atoms with Crippen LogP contribution in [0.1, 0.15) is 46.5 Å². The van der Waals surface area contributed by atoms with Crippen LogP contribution in [0.3, 0.4) is 0 Å². The van der Waals surface area contributed by atoms with Crippen molar-refractivity contribution in [2.75, 3.05) is 0 Å². The van der Waals surface area contributed by atoms with Crippen LogP contribution in [-0.2, 0) is 19.2 Å². The summed E-state index contributed by atoms with van der Waals surface area (Å²) in [5, 5.41) is 30.1. The molecular weight excluding hydrogens is 350 g/mol. The number of amides is 3. The molecule has 0 aliphatic rings. The fourth-order valence-corrected chi connectivity index (χ4v) is 1.43. The zero-order chi connectivity index (χ0) is 20.9. The van der Waals surface area contributed by atoms with Gasteiger partial charge in [-0.1, -0.05) is 20.8 Å². The maximum atomic E-state index is 11.5. The first-order chi connectivity index (χ1) is 11.9. The minimum absolute atomic E-state index is 0.259. The minimum atomic E-state index is -1.48. The number of carboxylic acid groups (broad SMARTS) is 3. The quantitative estimate of drug-likeness (QED) is 0.305. The smallest absolute Gasteiger partial charge is 0.326 e. The normalized spacial score (nSPS) is 12.2. The predicted molar refractivity (Wildman–Crippen MR) is 90.3 cm³/mol. The van der Waals surface area contributed by atoms with Crippen LogP contribution >= 0.6 is 0 Å². The SMILES string of the molecule is CC(C)C.NC(=O)CCC(NC(=O)NC(CCC(=O)O)C(=O)O)C(=O)O.